The van der Waals surface area contributed by atoms with Gasteiger partial charge in [-0.15, -0.1) is 0 Å². The third-order valence-corrected chi connectivity index (χ3v) is 5.90. The molecule has 1 saturated carbocycles. The van der Waals surface area contributed by atoms with Crippen molar-refractivity contribution in [3.8, 4) is 0 Å². The van der Waals surface area contributed by atoms with E-state index in [1.165, 1.54) is 53.8 Å². The van der Waals surface area contributed by atoms with Gasteiger partial charge in [-0.3, -0.25) is 9.78 Å². The van der Waals surface area contributed by atoms with Crippen LogP contribution in [-0.4, -0.2) is 17.4 Å². The van der Waals surface area contributed by atoms with Crippen LogP contribution in [0.5, 0.6) is 0 Å². The number of rotatable bonds is 2. The zero-order chi connectivity index (χ0) is 16.8. The summed E-state index contributed by atoms with van der Waals surface area (Å²) in [6.45, 7) is 0.733. The topological polar surface area (TPSA) is 42.0 Å². The fourth-order valence-electron chi connectivity index (χ4n) is 4.55. The van der Waals surface area contributed by atoms with E-state index < -0.39 is 0 Å². The van der Waals surface area contributed by atoms with Crippen LogP contribution in [0, 0.1) is 0 Å². The number of hydrogen-bond acceptors (Lipinski definition) is 2. The van der Waals surface area contributed by atoms with E-state index in [1.54, 1.807) is 0 Å². The number of amides is 1. The van der Waals surface area contributed by atoms with Gasteiger partial charge in [0, 0.05) is 38.6 Å². The molecule has 2 heterocycles. The molecule has 25 heavy (non-hydrogen) atoms. The highest BCUT2D eigenvalue weighted by atomic mass is 16.1. The lowest BCUT2D eigenvalue weighted by Crippen LogP contribution is -2.31. The average molecular weight is 334 g/mol. The van der Waals surface area contributed by atoms with E-state index in [0.717, 1.165) is 30.5 Å². The molecule has 0 radical (unpaired) electrons. The molecule has 1 N–H and O–H groups in total. The molecule has 1 aromatic heterocycles. The smallest absolute Gasteiger partial charge is 0.251 e. The van der Waals surface area contributed by atoms with Crippen molar-refractivity contribution in [2.45, 2.75) is 44.4 Å². The highest BCUT2D eigenvalue weighted by Crippen LogP contribution is 2.37. The quantitative estimate of drug-likeness (QED) is 0.878. The summed E-state index contributed by atoms with van der Waals surface area (Å²) in [5, 5.41) is 2.91. The van der Waals surface area contributed by atoms with Gasteiger partial charge in [0.25, 0.3) is 5.91 Å². The number of benzene rings is 1. The van der Waals surface area contributed by atoms with Gasteiger partial charge in [-0.2, -0.15) is 0 Å². The molecule has 0 atom stereocenters. The van der Waals surface area contributed by atoms with Crippen LogP contribution in [0.15, 0.2) is 36.4 Å². The van der Waals surface area contributed by atoms with Gasteiger partial charge in [-0.1, -0.05) is 37.1 Å². The van der Waals surface area contributed by atoms with E-state index in [2.05, 4.69) is 35.7 Å². The Hall–Kier alpha value is -2.42. The highest BCUT2D eigenvalue weighted by molar-refractivity contribution is 5.97. The van der Waals surface area contributed by atoms with Gasteiger partial charge in [-0.05, 0) is 48.1 Å². The molecule has 3 heteroatoms. The standard InChI is InChI=1S/C22H22N2O.2H2/c25-22-18-6-5-15(13-16(18)11-12-23-22)17-7-10-21-19(17)8-9-20(24-21)14-3-1-2-4-14;;/h5-9,13-14H,1-4,10-12H2,(H,23,25);2*1H. The molecule has 0 bridgehead atoms. The minimum absolute atomic E-state index is 0. The van der Waals surface area contributed by atoms with E-state index in [0.29, 0.717) is 5.92 Å². The van der Waals surface area contributed by atoms with Crippen molar-refractivity contribution in [1.29, 1.82) is 0 Å². The SMILES string of the molecule is O=C1NCCc2cc(C3=CCc4nc(C5CCCC5)ccc43)ccc21.[HH].[HH]. The first-order valence-electron chi connectivity index (χ1n) is 9.41. The maximum atomic E-state index is 11.9. The molecule has 5 rings (SSSR count). The van der Waals surface area contributed by atoms with Crippen LogP contribution in [0.3, 0.4) is 0 Å². The Morgan fingerprint density at radius 1 is 1.08 bits per heavy atom. The van der Waals surface area contributed by atoms with Crippen LogP contribution in [0.1, 0.15) is 72.9 Å². The number of hydrogen-bond donors (Lipinski definition) is 1. The molecule has 130 valence electrons. The van der Waals surface area contributed by atoms with Gasteiger partial charge in [0.15, 0.2) is 0 Å². The third-order valence-electron chi connectivity index (χ3n) is 5.90. The first kappa shape index (κ1) is 14.9. The Balaban J connectivity index is 0.00000105. The monoisotopic (exact) mass is 334 g/mol. The molecule has 1 amide bonds. The molecule has 2 aliphatic carbocycles. The van der Waals surface area contributed by atoms with Gasteiger partial charge >= 0.3 is 0 Å². The van der Waals surface area contributed by atoms with E-state index in [9.17, 15) is 4.79 Å². The zero-order valence-corrected chi connectivity index (χ0v) is 14.3. The van der Waals surface area contributed by atoms with Crippen molar-refractivity contribution in [3.63, 3.8) is 0 Å². The summed E-state index contributed by atoms with van der Waals surface area (Å²) in [7, 11) is 0. The third kappa shape index (κ3) is 2.50. The van der Waals surface area contributed by atoms with Crippen LogP contribution >= 0.6 is 0 Å². The Kier molecular flexibility index (Phi) is 3.47. The van der Waals surface area contributed by atoms with Gasteiger partial charge in [0.05, 0.1) is 5.69 Å². The molecular weight excluding hydrogens is 308 g/mol. The van der Waals surface area contributed by atoms with Crippen LogP contribution in [0.25, 0.3) is 5.57 Å². The molecule has 0 spiro atoms. The number of nitrogens with zero attached hydrogens (tertiary/aromatic N) is 1. The summed E-state index contributed by atoms with van der Waals surface area (Å²) >= 11 is 0. The Bertz CT molecular complexity index is 901. The second-order valence-corrected chi connectivity index (χ2v) is 7.41. The molecule has 2 aromatic rings. The molecule has 3 nitrogen and oxygen atoms in total. The Morgan fingerprint density at radius 3 is 2.80 bits per heavy atom. The van der Waals surface area contributed by atoms with Crippen LogP contribution < -0.4 is 5.32 Å². The number of fused-ring (bicyclic) bond motifs is 2. The number of carbonyl (C=O) groups is 1. The molecule has 1 fully saturated rings. The van der Waals surface area contributed by atoms with Crippen molar-refractivity contribution in [3.05, 3.63) is 70.0 Å². The first-order chi connectivity index (χ1) is 12.3. The lowest BCUT2D eigenvalue weighted by molar-refractivity contribution is 0.0946. The minimum atomic E-state index is 0. The lowest BCUT2D eigenvalue weighted by atomic mass is 9.93. The maximum Gasteiger partial charge on any atom is 0.251 e. The van der Waals surface area contributed by atoms with Gasteiger partial charge in [0.2, 0.25) is 0 Å². The van der Waals surface area contributed by atoms with E-state index in [4.69, 9.17) is 4.98 Å². The fourth-order valence-corrected chi connectivity index (χ4v) is 4.55. The molecule has 0 unspecified atom stereocenters. The molecule has 0 saturated heterocycles. The molecule has 1 aromatic carbocycles. The van der Waals surface area contributed by atoms with Crippen molar-refractivity contribution in [1.82, 2.24) is 10.3 Å². The number of carbonyl (C=O) groups excluding carboxylic acids is 1. The number of pyridine rings is 1. The van der Waals surface area contributed by atoms with Crippen molar-refractivity contribution >= 4 is 11.5 Å². The molecular formula is C22H26N2O. The second-order valence-electron chi connectivity index (χ2n) is 7.41. The van der Waals surface area contributed by atoms with Crippen molar-refractivity contribution in [2.24, 2.45) is 0 Å². The number of allylic oxidation sites excluding steroid dienone is 1. The summed E-state index contributed by atoms with van der Waals surface area (Å²) in [6.07, 6.45) is 9.39. The highest BCUT2D eigenvalue weighted by Gasteiger charge is 2.23. The maximum absolute atomic E-state index is 11.9. The predicted molar refractivity (Wildman–Crippen MR) is 103 cm³/mol. The summed E-state index contributed by atoms with van der Waals surface area (Å²) < 4.78 is 0. The van der Waals surface area contributed by atoms with Gasteiger partial charge < -0.3 is 5.32 Å². The Morgan fingerprint density at radius 2 is 1.92 bits per heavy atom. The van der Waals surface area contributed by atoms with Crippen LogP contribution in [-0.2, 0) is 12.8 Å². The van der Waals surface area contributed by atoms with Gasteiger partial charge in [-0.25, -0.2) is 0 Å². The van der Waals surface area contributed by atoms with Crippen LogP contribution in [0.2, 0.25) is 0 Å². The summed E-state index contributed by atoms with van der Waals surface area (Å²) in [5.41, 5.74) is 8.23. The normalized spacial score (nSPS) is 19.4. The number of nitrogens with one attached hydrogen (secondary N) is 1. The fraction of sp³-hybridized carbons (Fsp3) is 0.364. The van der Waals surface area contributed by atoms with Crippen molar-refractivity contribution in [2.75, 3.05) is 6.54 Å². The number of aromatic nitrogens is 1. The molecule has 1 aliphatic heterocycles. The van der Waals surface area contributed by atoms with E-state index in [-0.39, 0.29) is 8.76 Å². The second kappa shape index (κ2) is 5.83. The van der Waals surface area contributed by atoms with Crippen molar-refractivity contribution < 1.29 is 7.65 Å². The van der Waals surface area contributed by atoms with Gasteiger partial charge in [0.1, 0.15) is 0 Å². The largest absolute Gasteiger partial charge is 0.352 e. The minimum Gasteiger partial charge on any atom is -0.352 e. The van der Waals surface area contributed by atoms with Crippen LogP contribution in [0.4, 0.5) is 0 Å². The Labute approximate surface area is 151 Å². The average Bonchev–Trinajstić information content (AvgIpc) is 3.31. The van der Waals surface area contributed by atoms with E-state index in [1.807, 2.05) is 6.07 Å². The summed E-state index contributed by atoms with van der Waals surface area (Å²) in [4.78, 5) is 16.9. The first-order valence-corrected chi connectivity index (χ1v) is 9.41. The predicted octanol–water partition coefficient (Wildman–Crippen LogP) is 4.50. The lowest BCUT2D eigenvalue weighted by Gasteiger charge is -2.18. The summed E-state index contributed by atoms with van der Waals surface area (Å²) in [6, 6.07) is 10.7. The van der Waals surface area contributed by atoms with E-state index >= 15 is 0 Å². The molecule has 3 aliphatic rings. The zero-order valence-electron chi connectivity index (χ0n) is 14.3. The summed E-state index contributed by atoms with van der Waals surface area (Å²) in [5.74, 6) is 0.716.